The summed E-state index contributed by atoms with van der Waals surface area (Å²) in [5.74, 6) is -1.78. The van der Waals surface area contributed by atoms with E-state index in [9.17, 15) is 19.5 Å². The van der Waals surface area contributed by atoms with E-state index in [1.165, 1.54) is 7.11 Å². The van der Waals surface area contributed by atoms with Crippen molar-refractivity contribution in [3.8, 4) is 16.9 Å². The molecule has 51 heavy (non-hydrogen) atoms. The molecule has 0 saturated carbocycles. The van der Waals surface area contributed by atoms with Crippen molar-refractivity contribution in [3.63, 3.8) is 0 Å². The molecule has 2 amide bonds. The number of rotatable bonds is 14. The van der Waals surface area contributed by atoms with Gasteiger partial charge in [-0.15, -0.1) is 0 Å². The normalized spacial score (nSPS) is 20.2. The van der Waals surface area contributed by atoms with Gasteiger partial charge >= 0.3 is 12.1 Å². The van der Waals surface area contributed by atoms with E-state index in [0.29, 0.717) is 12.4 Å². The number of carbonyl (C=O) groups is 3. The molecule has 274 valence electrons. The third-order valence-corrected chi connectivity index (χ3v) is 9.19. The number of amides is 2. The van der Waals surface area contributed by atoms with Crippen molar-refractivity contribution in [1.29, 1.82) is 0 Å². The van der Waals surface area contributed by atoms with Crippen LogP contribution in [0.1, 0.15) is 38.3 Å². The van der Waals surface area contributed by atoms with Crippen LogP contribution in [-0.2, 0) is 41.5 Å². The van der Waals surface area contributed by atoms with Gasteiger partial charge in [0.25, 0.3) is 0 Å². The van der Waals surface area contributed by atoms with E-state index in [1.54, 1.807) is 57.4 Å². The maximum absolute atomic E-state index is 13.7. The number of hydrogen-bond acceptors (Lipinski definition) is 11. The van der Waals surface area contributed by atoms with Crippen LogP contribution in [0.15, 0.2) is 73.1 Å². The van der Waals surface area contributed by atoms with E-state index in [0.717, 1.165) is 28.7 Å². The van der Waals surface area contributed by atoms with Crippen molar-refractivity contribution in [3.05, 3.63) is 84.2 Å². The maximum Gasteiger partial charge on any atom is 0.422 e. The Morgan fingerprint density at radius 3 is 2.37 bits per heavy atom. The number of fused-ring (bicyclic) bond motifs is 1. The number of aliphatic hydroxyl groups is 1. The smallest absolute Gasteiger partial charge is 0.422 e. The number of methoxy groups -OCH3 is 2. The minimum Gasteiger partial charge on any atom is -0.497 e. The molecular formula is C38H48N4O9. The fraction of sp³-hybridized carbons (Fsp3) is 0.474. The molecule has 6 atom stereocenters. The van der Waals surface area contributed by atoms with Gasteiger partial charge < -0.3 is 34.1 Å². The minimum atomic E-state index is -1.22. The van der Waals surface area contributed by atoms with Gasteiger partial charge in [0.1, 0.15) is 17.8 Å². The van der Waals surface area contributed by atoms with Gasteiger partial charge in [0.05, 0.1) is 45.5 Å². The molecule has 3 N–H and O–H groups in total. The third-order valence-electron chi connectivity index (χ3n) is 9.19. The van der Waals surface area contributed by atoms with E-state index >= 15 is 0 Å². The quantitative estimate of drug-likeness (QED) is 0.127. The number of esters is 1. The summed E-state index contributed by atoms with van der Waals surface area (Å²) in [7, 11) is 2.81. The molecule has 2 saturated heterocycles. The topological polar surface area (TPSA) is 158 Å². The first-order chi connectivity index (χ1) is 24.4. The van der Waals surface area contributed by atoms with Gasteiger partial charge in [0.15, 0.2) is 6.29 Å². The molecular weight excluding hydrogens is 656 g/mol. The highest BCUT2D eigenvalue weighted by atomic mass is 16.7. The average molecular weight is 705 g/mol. The fourth-order valence-corrected chi connectivity index (χ4v) is 6.44. The van der Waals surface area contributed by atoms with Crippen LogP contribution in [0.3, 0.4) is 0 Å². The lowest BCUT2D eigenvalue weighted by Gasteiger charge is -2.33. The number of aromatic nitrogens is 1. The lowest BCUT2D eigenvalue weighted by molar-refractivity contribution is -0.155. The summed E-state index contributed by atoms with van der Waals surface area (Å²) >= 11 is 0. The predicted octanol–water partition coefficient (Wildman–Crippen LogP) is 3.89. The number of hydrazine groups is 1. The summed E-state index contributed by atoms with van der Waals surface area (Å²) in [5.41, 5.74) is 5.64. The highest BCUT2D eigenvalue weighted by Crippen LogP contribution is 2.33. The second kappa shape index (κ2) is 17.1. The Kier molecular flexibility index (Phi) is 12.6. The summed E-state index contributed by atoms with van der Waals surface area (Å²) in [6, 6.07) is 18.0. The molecule has 0 spiro atoms. The Bertz CT molecular complexity index is 1600. The zero-order chi connectivity index (χ0) is 36.5. The minimum absolute atomic E-state index is 0.0514. The van der Waals surface area contributed by atoms with Crippen LogP contribution < -0.4 is 15.5 Å². The molecule has 2 aromatic carbocycles. The number of aliphatic hydroxyl groups excluding tert-OH is 1. The van der Waals surface area contributed by atoms with E-state index in [2.05, 4.69) is 15.7 Å². The second-order valence-electron chi connectivity index (χ2n) is 14.0. The third kappa shape index (κ3) is 10.0. The Morgan fingerprint density at radius 2 is 1.73 bits per heavy atom. The Labute approximate surface area is 298 Å². The first-order valence-corrected chi connectivity index (χ1v) is 17.1. The van der Waals surface area contributed by atoms with Crippen LogP contribution in [0, 0.1) is 17.3 Å². The number of nitrogens with one attached hydrogen (secondary N) is 2. The largest absolute Gasteiger partial charge is 0.497 e. The van der Waals surface area contributed by atoms with Crippen molar-refractivity contribution in [2.75, 3.05) is 34.0 Å². The van der Waals surface area contributed by atoms with E-state index in [4.69, 9.17) is 23.7 Å². The van der Waals surface area contributed by atoms with Gasteiger partial charge in [-0.2, -0.15) is 0 Å². The first-order valence-electron chi connectivity index (χ1n) is 17.1. The standard InChI is InChI=1S/C38H48N4O9/c1-38(2,3)33(35(45)48-5)34(44)40-30(19-24-10-14-28(47-4)15-11-24)31(43)22-42(41-37(46)51-32-23-50-36-29(32)16-18-49-36)21-25-8-12-26(13-9-25)27-7-6-17-39-20-27/h6-15,17,20,29-33,36,43H,16,18-19,21-23H2,1-5H3,(H,40,44)(H,41,46). The molecule has 0 radical (unpaired) electrons. The van der Waals surface area contributed by atoms with Crippen molar-refractivity contribution in [2.24, 2.45) is 17.3 Å². The molecule has 2 fully saturated rings. The molecule has 13 nitrogen and oxygen atoms in total. The van der Waals surface area contributed by atoms with Gasteiger partial charge in [-0.1, -0.05) is 63.2 Å². The molecule has 2 aliphatic rings. The molecule has 1 aromatic heterocycles. The SMILES string of the molecule is COC(=O)C(C(=O)NC(Cc1ccc(OC)cc1)C(O)CN(Cc1ccc(-c2cccnc2)cc1)NC(=O)OC1COC2OCCC12)C(C)(C)C. The van der Waals surface area contributed by atoms with Gasteiger partial charge in [-0.05, 0) is 58.7 Å². The number of benzene rings is 2. The zero-order valence-corrected chi connectivity index (χ0v) is 29.7. The monoisotopic (exact) mass is 704 g/mol. The number of pyridine rings is 1. The molecule has 2 aliphatic heterocycles. The van der Waals surface area contributed by atoms with Gasteiger partial charge in [-0.3, -0.25) is 20.0 Å². The number of hydrogen-bond donors (Lipinski definition) is 3. The van der Waals surface area contributed by atoms with Crippen molar-refractivity contribution < 1.29 is 43.2 Å². The summed E-state index contributed by atoms with van der Waals surface area (Å²) in [6.07, 6.45) is 1.66. The zero-order valence-electron chi connectivity index (χ0n) is 29.7. The maximum atomic E-state index is 13.7. The lowest BCUT2D eigenvalue weighted by Crippen LogP contribution is -2.55. The van der Waals surface area contributed by atoms with E-state index in [-0.39, 0.29) is 38.3 Å². The second-order valence-corrected chi connectivity index (χ2v) is 14.0. The fourth-order valence-electron chi connectivity index (χ4n) is 6.44. The summed E-state index contributed by atoms with van der Waals surface area (Å²) in [4.78, 5) is 44.0. The van der Waals surface area contributed by atoms with Gasteiger partial charge in [0.2, 0.25) is 5.91 Å². The molecule has 0 aliphatic carbocycles. The van der Waals surface area contributed by atoms with E-state index in [1.807, 2.05) is 48.5 Å². The molecule has 13 heteroatoms. The van der Waals surface area contributed by atoms with Crippen LogP contribution in [0.5, 0.6) is 5.75 Å². The summed E-state index contributed by atoms with van der Waals surface area (Å²) in [6.45, 7) is 6.19. The van der Waals surface area contributed by atoms with Crippen LogP contribution in [-0.4, -0.2) is 91.6 Å². The predicted molar refractivity (Wildman–Crippen MR) is 187 cm³/mol. The Hall–Kier alpha value is -4.56. The highest BCUT2D eigenvalue weighted by Gasteiger charge is 2.44. The number of carbonyl (C=O) groups excluding carboxylic acids is 3. The van der Waals surface area contributed by atoms with Crippen molar-refractivity contribution in [2.45, 2.75) is 64.7 Å². The molecule has 3 heterocycles. The lowest BCUT2D eigenvalue weighted by atomic mass is 9.80. The van der Waals surface area contributed by atoms with Crippen LogP contribution in [0.2, 0.25) is 0 Å². The van der Waals surface area contributed by atoms with Crippen LogP contribution in [0.25, 0.3) is 11.1 Å². The Balaban J connectivity index is 1.37. The van der Waals surface area contributed by atoms with Crippen LogP contribution in [0.4, 0.5) is 4.79 Å². The summed E-state index contributed by atoms with van der Waals surface area (Å²) in [5, 5.41) is 16.3. The molecule has 5 rings (SSSR count). The van der Waals surface area contributed by atoms with Gasteiger partial charge in [-0.25, -0.2) is 9.80 Å². The Morgan fingerprint density at radius 1 is 1.00 bits per heavy atom. The van der Waals surface area contributed by atoms with E-state index < -0.39 is 47.6 Å². The number of ether oxygens (including phenoxy) is 5. The van der Waals surface area contributed by atoms with Crippen molar-refractivity contribution >= 4 is 18.0 Å². The highest BCUT2D eigenvalue weighted by molar-refractivity contribution is 5.98. The molecule has 0 bridgehead atoms. The van der Waals surface area contributed by atoms with Crippen LogP contribution >= 0.6 is 0 Å². The number of nitrogens with zero attached hydrogens (tertiary/aromatic N) is 2. The molecule has 6 unspecified atom stereocenters. The molecule has 3 aromatic rings. The summed E-state index contributed by atoms with van der Waals surface area (Å²) < 4.78 is 27.3. The van der Waals surface area contributed by atoms with Crippen molar-refractivity contribution in [1.82, 2.24) is 20.7 Å². The van der Waals surface area contributed by atoms with Gasteiger partial charge in [0, 0.05) is 25.5 Å². The average Bonchev–Trinajstić information content (AvgIpc) is 3.73. The first kappa shape index (κ1) is 37.7.